The molecule has 66 heavy (non-hydrogen) atoms. The average molecular weight is 940 g/mol. The van der Waals surface area contributed by atoms with Crippen molar-refractivity contribution in [3.63, 3.8) is 0 Å². The Kier molecular flexibility index (Phi) is 14.3. The Balaban J connectivity index is 0.750. The van der Waals surface area contributed by atoms with Crippen LogP contribution in [0.4, 0.5) is 28.8 Å². The van der Waals surface area contributed by atoms with E-state index in [0.717, 1.165) is 56.0 Å². The second kappa shape index (κ2) is 20.2. The Morgan fingerprint density at radius 1 is 0.864 bits per heavy atom. The van der Waals surface area contributed by atoms with Gasteiger partial charge in [-0.1, -0.05) is 29.8 Å². The number of rotatable bonds is 16. The number of carbonyl (C=O) groups excluding carboxylic acids is 5. The molecule has 5 amide bonds. The summed E-state index contributed by atoms with van der Waals surface area (Å²) in [5.41, 5.74) is 2.74. The van der Waals surface area contributed by atoms with Crippen LogP contribution in [0.5, 0.6) is 11.5 Å². The van der Waals surface area contributed by atoms with Gasteiger partial charge in [-0.25, -0.2) is 4.98 Å². The molecule has 19 heteroatoms. The number of amides is 5. The lowest BCUT2D eigenvalue weighted by Crippen LogP contribution is -2.54. The number of anilines is 5. The first-order valence-corrected chi connectivity index (χ1v) is 25.4. The van der Waals surface area contributed by atoms with Crippen molar-refractivity contribution in [2.75, 3.05) is 81.8 Å². The summed E-state index contributed by atoms with van der Waals surface area (Å²) < 4.78 is 24.7. The third-order valence-electron chi connectivity index (χ3n) is 12.6. The van der Waals surface area contributed by atoms with Gasteiger partial charge in [0.2, 0.25) is 23.7 Å². The first-order chi connectivity index (χ1) is 31.8. The van der Waals surface area contributed by atoms with Gasteiger partial charge in [-0.05, 0) is 88.3 Å². The fourth-order valence-corrected chi connectivity index (χ4v) is 10.4. The van der Waals surface area contributed by atoms with Gasteiger partial charge in [0.15, 0.2) is 5.82 Å². The molecule has 0 aliphatic carbocycles. The summed E-state index contributed by atoms with van der Waals surface area (Å²) in [6, 6.07) is 17.7. The summed E-state index contributed by atoms with van der Waals surface area (Å²) >= 11 is 6.48. The van der Waals surface area contributed by atoms with E-state index in [0.29, 0.717) is 84.2 Å². The average Bonchev–Trinajstić information content (AvgIpc) is 3.57. The molecule has 0 radical (unpaired) electrons. The van der Waals surface area contributed by atoms with Gasteiger partial charge in [0.1, 0.15) is 29.7 Å². The quantitative estimate of drug-likeness (QED) is 0.0670. The highest BCUT2D eigenvalue weighted by molar-refractivity contribution is 7.70. The largest absolute Gasteiger partial charge is 0.494 e. The molecular formula is C47H55ClN9O8P. The summed E-state index contributed by atoms with van der Waals surface area (Å²) in [5, 5.41) is 9.74. The van der Waals surface area contributed by atoms with Crippen LogP contribution in [0.25, 0.3) is 0 Å². The molecule has 3 aromatic carbocycles. The number of unbranched alkanes of at least 4 members (excludes halogenated alkanes) is 2. The van der Waals surface area contributed by atoms with Crippen molar-refractivity contribution >= 4 is 82.4 Å². The number of para-hydroxylation sites is 1. The highest BCUT2D eigenvalue weighted by Crippen LogP contribution is 2.39. The van der Waals surface area contributed by atoms with Crippen LogP contribution >= 0.6 is 18.7 Å². The number of carbonyl (C=O) groups is 5. The third kappa shape index (κ3) is 10.3. The lowest BCUT2D eigenvalue weighted by Gasteiger charge is -2.43. The number of nitrogens with one attached hydrogen (secondary N) is 3. The van der Waals surface area contributed by atoms with E-state index in [2.05, 4.69) is 41.8 Å². The molecule has 0 saturated carbocycles. The highest BCUT2D eigenvalue weighted by Gasteiger charge is 2.46. The standard InChI is InChI=1S/C47H55ClN9O8P/c1-64-38-28-31(15-16-34(38)51-47-49-29-33(48)43(53-47)50-35-11-6-7-13-39(35)66(2,3)63)54-21-19-30(20-22-54)55-23-25-56(26-24-55)41(59)14-5-4-8-27-65-37-12-9-10-32-42(37)46(62)57(45(32)61)36-17-18-40(58)52-44(36)60/h6-7,9-13,15-16,28-30,36H,4-5,8,14,17-27H2,1-3H3,(H,52,58,60)(H2,49,50,51,53). The van der Waals surface area contributed by atoms with E-state index in [9.17, 15) is 28.5 Å². The Labute approximate surface area is 388 Å². The molecule has 348 valence electrons. The van der Waals surface area contributed by atoms with Crippen molar-refractivity contribution in [3.05, 3.63) is 83.0 Å². The molecule has 3 fully saturated rings. The molecule has 3 saturated heterocycles. The predicted molar refractivity (Wildman–Crippen MR) is 253 cm³/mol. The number of halogens is 1. The number of hydrogen-bond acceptors (Lipinski definition) is 14. The van der Waals surface area contributed by atoms with E-state index < -0.39 is 36.8 Å². The molecular weight excluding hydrogens is 885 g/mol. The fraction of sp³-hybridized carbons (Fsp3) is 0.426. The minimum atomic E-state index is -2.56. The normalized spacial score (nSPS) is 18.3. The maximum Gasteiger partial charge on any atom is 0.266 e. The maximum atomic E-state index is 13.3. The number of benzene rings is 3. The lowest BCUT2D eigenvalue weighted by atomic mass is 10.0. The first kappa shape index (κ1) is 46.5. The number of hydrogen-bond donors (Lipinski definition) is 3. The molecule has 3 N–H and O–H groups in total. The molecule has 0 spiro atoms. The molecule has 5 heterocycles. The Bertz CT molecular complexity index is 2560. The van der Waals surface area contributed by atoms with Crippen LogP contribution in [-0.2, 0) is 18.9 Å². The smallest absolute Gasteiger partial charge is 0.266 e. The Morgan fingerprint density at radius 2 is 1.64 bits per heavy atom. The number of piperidine rings is 2. The molecule has 1 atom stereocenters. The summed E-state index contributed by atoms with van der Waals surface area (Å²) in [7, 11) is -0.932. The van der Waals surface area contributed by atoms with Crippen LogP contribution in [0.2, 0.25) is 5.02 Å². The fourth-order valence-electron chi connectivity index (χ4n) is 9.12. The number of fused-ring (bicyclic) bond motifs is 1. The Morgan fingerprint density at radius 3 is 2.38 bits per heavy atom. The summed E-state index contributed by atoms with van der Waals surface area (Å²) in [6.45, 7) is 8.64. The van der Waals surface area contributed by atoms with Gasteiger partial charge in [-0.15, -0.1) is 0 Å². The van der Waals surface area contributed by atoms with Crippen LogP contribution < -0.4 is 35.6 Å². The van der Waals surface area contributed by atoms with E-state index in [1.165, 1.54) is 12.3 Å². The second-order valence-corrected chi connectivity index (χ2v) is 20.9. The predicted octanol–water partition coefficient (Wildman–Crippen LogP) is 6.03. The summed E-state index contributed by atoms with van der Waals surface area (Å²) in [6.07, 6.45) is 6.26. The zero-order valence-corrected chi connectivity index (χ0v) is 39.0. The van der Waals surface area contributed by atoms with Crippen molar-refractivity contribution < 1.29 is 38.0 Å². The lowest BCUT2D eigenvalue weighted by molar-refractivity contribution is -0.136. The van der Waals surface area contributed by atoms with Crippen LogP contribution in [-0.4, -0.2) is 133 Å². The van der Waals surface area contributed by atoms with Gasteiger partial charge in [-0.2, -0.15) is 4.98 Å². The van der Waals surface area contributed by atoms with E-state index in [4.69, 9.17) is 21.1 Å². The number of nitrogens with zero attached hydrogens (tertiary/aromatic N) is 6. The number of methoxy groups -OCH3 is 1. The van der Waals surface area contributed by atoms with Crippen molar-refractivity contribution in [1.82, 2.24) is 30.0 Å². The number of ether oxygens (including phenoxy) is 2. The van der Waals surface area contributed by atoms with Crippen LogP contribution in [0.15, 0.2) is 66.9 Å². The highest BCUT2D eigenvalue weighted by atomic mass is 35.5. The Hall–Kier alpha value is -6.03. The van der Waals surface area contributed by atoms with Gasteiger partial charge in [0.25, 0.3) is 11.8 Å². The molecule has 1 unspecified atom stereocenters. The van der Waals surface area contributed by atoms with Crippen LogP contribution in [0.3, 0.4) is 0 Å². The van der Waals surface area contributed by atoms with Gasteiger partial charge in [-0.3, -0.25) is 39.1 Å². The number of imide groups is 2. The van der Waals surface area contributed by atoms with Gasteiger partial charge in [0.05, 0.1) is 42.4 Å². The monoisotopic (exact) mass is 939 g/mol. The number of piperazine rings is 1. The van der Waals surface area contributed by atoms with Crippen molar-refractivity contribution in [2.24, 2.45) is 0 Å². The van der Waals surface area contributed by atoms with Crippen LogP contribution in [0.1, 0.15) is 72.1 Å². The topological polar surface area (TPSA) is 196 Å². The second-order valence-electron chi connectivity index (χ2n) is 17.3. The van der Waals surface area contributed by atoms with E-state index in [1.54, 1.807) is 32.6 Å². The molecule has 0 bridgehead atoms. The minimum absolute atomic E-state index is 0.0513. The van der Waals surface area contributed by atoms with E-state index in [-0.39, 0.29) is 35.6 Å². The molecule has 1 aromatic heterocycles. The van der Waals surface area contributed by atoms with E-state index in [1.807, 2.05) is 41.3 Å². The molecule has 4 aliphatic heterocycles. The molecule has 8 rings (SSSR count). The first-order valence-electron chi connectivity index (χ1n) is 22.4. The SMILES string of the molecule is COc1cc(N2CCC(N3CCN(C(=O)CCCCCOc4cccc5c4C(=O)N(C4CCC(=O)NC4=O)C5=O)CC3)CC2)ccc1Nc1ncc(Cl)c(Nc2ccccc2P(C)(C)=O)n1. The summed E-state index contributed by atoms with van der Waals surface area (Å²) in [5.74, 6) is -0.462. The molecule has 17 nitrogen and oxygen atoms in total. The van der Waals surface area contributed by atoms with Crippen molar-refractivity contribution in [2.45, 2.75) is 63.5 Å². The third-order valence-corrected chi connectivity index (χ3v) is 14.5. The van der Waals surface area contributed by atoms with Crippen LogP contribution in [0, 0.1) is 0 Å². The van der Waals surface area contributed by atoms with Crippen molar-refractivity contribution in [1.29, 1.82) is 0 Å². The zero-order chi connectivity index (χ0) is 46.5. The van der Waals surface area contributed by atoms with Gasteiger partial charge >= 0.3 is 0 Å². The summed E-state index contributed by atoms with van der Waals surface area (Å²) in [4.78, 5) is 80.4. The zero-order valence-electron chi connectivity index (χ0n) is 37.4. The molecule has 4 aromatic rings. The van der Waals surface area contributed by atoms with E-state index >= 15 is 0 Å². The minimum Gasteiger partial charge on any atom is -0.494 e. The van der Waals surface area contributed by atoms with Crippen molar-refractivity contribution in [3.8, 4) is 11.5 Å². The maximum absolute atomic E-state index is 13.3. The van der Waals surface area contributed by atoms with Gasteiger partial charge < -0.3 is 34.5 Å². The van der Waals surface area contributed by atoms with Gasteiger partial charge in [0, 0.05) is 75.2 Å². The molecule has 4 aliphatic rings. The number of aromatic nitrogens is 2.